The van der Waals surface area contributed by atoms with Crippen molar-refractivity contribution < 1.29 is 0 Å². The quantitative estimate of drug-likeness (QED) is 0.665. The molecule has 2 N–H and O–H groups in total. The molecule has 0 aromatic rings. The lowest BCUT2D eigenvalue weighted by atomic mass is 9.79. The summed E-state index contributed by atoms with van der Waals surface area (Å²) in [7, 11) is 0. The third kappa shape index (κ3) is 1.89. The van der Waals surface area contributed by atoms with Crippen molar-refractivity contribution in [3.05, 3.63) is 0 Å². The summed E-state index contributed by atoms with van der Waals surface area (Å²) >= 11 is 0. The Morgan fingerprint density at radius 3 is 2.54 bits per heavy atom. The van der Waals surface area contributed by atoms with Gasteiger partial charge in [0.05, 0.1) is 0 Å². The summed E-state index contributed by atoms with van der Waals surface area (Å²) in [5, 5.41) is 0. The van der Waals surface area contributed by atoms with Crippen LogP contribution in [-0.2, 0) is 0 Å². The highest BCUT2D eigenvalue weighted by Crippen LogP contribution is 2.36. The minimum absolute atomic E-state index is 0.494. The van der Waals surface area contributed by atoms with Gasteiger partial charge in [-0.15, -0.1) is 0 Å². The first-order valence-electron chi connectivity index (χ1n) is 5.66. The number of likely N-dealkylation sites (tertiary alicyclic amines) is 1. The Labute approximate surface area is 81.5 Å². The molecule has 1 unspecified atom stereocenters. The molecule has 0 aromatic carbocycles. The van der Waals surface area contributed by atoms with Gasteiger partial charge in [0.15, 0.2) is 0 Å². The van der Waals surface area contributed by atoms with Crippen molar-refractivity contribution >= 4 is 0 Å². The zero-order valence-electron chi connectivity index (χ0n) is 8.87. The number of nitrogens with two attached hydrogens (primary N) is 1. The maximum Gasteiger partial charge on any atom is 0.00421 e. The van der Waals surface area contributed by atoms with E-state index >= 15 is 0 Å². The molecule has 0 spiro atoms. The molecule has 3 atom stereocenters. The van der Waals surface area contributed by atoms with Gasteiger partial charge in [0.25, 0.3) is 0 Å². The van der Waals surface area contributed by atoms with Gasteiger partial charge in [-0.05, 0) is 44.9 Å². The Morgan fingerprint density at radius 2 is 1.85 bits per heavy atom. The fourth-order valence-corrected chi connectivity index (χ4v) is 2.93. The van der Waals surface area contributed by atoms with Crippen LogP contribution in [0.4, 0.5) is 0 Å². The molecule has 1 saturated carbocycles. The molecule has 0 amide bonds. The monoisotopic (exact) mass is 182 g/mol. The SMILES string of the molecule is CC(C)N1CC2C[C@@H](N)CC[C@@H]2C1. The second-order valence-electron chi connectivity index (χ2n) is 5.14. The van der Waals surface area contributed by atoms with E-state index in [1.54, 1.807) is 0 Å². The van der Waals surface area contributed by atoms with Crippen molar-refractivity contribution in [3.8, 4) is 0 Å². The highest BCUT2D eigenvalue weighted by molar-refractivity contribution is 4.91. The summed E-state index contributed by atoms with van der Waals surface area (Å²) in [6.07, 6.45) is 3.90. The van der Waals surface area contributed by atoms with Crippen LogP contribution in [0.5, 0.6) is 0 Å². The molecule has 2 fully saturated rings. The average Bonchev–Trinajstić information content (AvgIpc) is 2.46. The van der Waals surface area contributed by atoms with E-state index in [1.807, 2.05) is 0 Å². The van der Waals surface area contributed by atoms with Gasteiger partial charge >= 0.3 is 0 Å². The Kier molecular flexibility index (Phi) is 2.61. The smallest absolute Gasteiger partial charge is 0.00421 e. The summed E-state index contributed by atoms with van der Waals surface area (Å²) in [6, 6.07) is 1.22. The molecule has 1 saturated heterocycles. The van der Waals surface area contributed by atoms with Crippen LogP contribution < -0.4 is 5.73 Å². The van der Waals surface area contributed by atoms with E-state index < -0.39 is 0 Å². The molecule has 0 aromatic heterocycles. The highest BCUT2D eigenvalue weighted by atomic mass is 15.2. The lowest BCUT2D eigenvalue weighted by molar-refractivity contribution is 0.261. The van der Waals surface area contributed by atoms with Crippen molar-refractivity contribution in [1.29, 1.82) is 0 Å². The fraction of sp³-hybridized carbons (Fsp3) is 1.00. The molecular weight excluding hydrogens is 160 g/mol. The minimum atomic E-state index is 0.494. The van der Waals surface area contributed by atoms with E-state index in [4.69, 9.17) is 5.73 Å². The molecule has 1 aliphatic carbocycles. The van der Waals surface area contributed by atoms with Crippen LogP contribution in [0.25, 0.3) is 0 Å². The van der Waals surface area contributed by atoms with Crippen molar-refractivity contribution in [2.45, 2.75) is 45.2 Å². The van der Waals surface area contributed by atoms with Gasteiger partial charge in [-0.1, -0.05) is 0 Å². The zero-order valence-corrected chi connectivity index (χ0v) is 8.87. The van der Waals surface area contributed by atoms with E-state index in [0.717, 1.165) is 17.9 Å². The maximum atomic E-state index is 5.99. The van der Waals surface area contributed by atoms with E-state index in [1.165, 1.54) is 32.4 Å². The van der Waals surface area contributed by atoms with Crippen LogP contribution in [0.15, 0.2) is 0 Å². The van der Waals surface area contributed by atoms with Gasteiger partial charge in [0, 0.05) is 25.2 Å². The predicted octanol–water partition coefficient (Wildman–Crippen LogP) is 1.45. The van der Waals surface area contributed by atoms with Gasteiger partial charge in [-0.3, -0.25) is 0 Å². The molecule has 1 heterocycles. The summed E-state index contributed by atoms with van der Waals surface area (Å²) in [5.74, 6) is 1.87. The molecule has 1 aliphatic heterocycles. The largest absolute Gasteiger partial charge is 0.328 e. The van der Waals surface area contributed by atoms with E-state index in [-0.39, 0.29) is 0 Å². The second-order valence-corrected chi connectivity index (χ2v) is 5.14. The van der Waals surface area contributed by atoms with E-state index in [0.29, 0.717) is 6.04 Å². The van der Waals surface area contributed by atoms with Gasteiger partial charge in [-0.2, -0.15) is 0 Å². The maximum absolute atomic E-state index is 5.99. The second kappa shape index (κ2) is 3.58. The molecule has 2 heteroatoms. The standard InChI is InChI=1S/C11H22N2/c1-8(2)13-6-9-3-4-11(12)5-10(9)7-13/h8-11H,3-7,12H2,1-2H3/t9-,10?,11+/m1/s1. The Hall–Kier alpha value is -0.0800. The summed E-state index contributed by atoms with van der Waals surface area (Å²) in [6.45, 7) is 7.24. The topological polar surface area (TPSA) is 29.3 Å². The normalized spacial score (nSPS) is 41.1. The highest BCUT2D eigenvalue weighted by Gasteiger charge is 2.37. The number of hydrogen-bond acceptors (Lipinski definition) is 2. The van der Waals surface area contributed by atoms with E-state index in [2.05, 4.69) is 18.7 Å². The first kappa shape index (κ1) is 9.47. The minimum Gasteiger partial charge on any atom is -0.328 e. The van der Waals surface area contributed by atoms with E-state index in [9.17, 15) is 0 Å². The van der Waals surface area contributed by atoms with Gasteiger partial charge in [-0.25, -0.2) is 0 Å². The molecule has 2 rings (SSSR count). The summed E-state index contributed by atoms with van der Waals surface area (Å²) < 4.78 is 0. The lowest BCUT2D eigenvalue weighted by Gasteiger charge is -2.28. The third-order valence-electron chi connectivity index (χ3n) is 3.85. The number of rotatable bonds is 1. The van der Waals surface area contributed by atoms with Crippen LogP contribution >= 0.6 is 0 Å². The fourth-order valence-electron chi connectivity index (χ4n) is 2.93. The predicted molar refractivity (Wildman–Crippen MR) is 55.5 cm³/mol. The molecule has 76 valence electrons. The lowest BCUT2D eigenvalue weighted by Crippen LogP contribution is -2.32. The van der Waals surface area contributed by atoms with Crippen LogP contribution in [0.2, 0.25) is 0 Å². The van der Waals surface area contributed by atoms with Crippen molar-refractivity contribution in [2.75, 3.05) is 13.1 Å². The third-order valence-corrected chi connectivity index (χ3v) is 3.85. The summed E-state index contributed by atoms with van der Waals surface area (Å²) in [5.41, 5.74) is 5.99. The van der Waals surface area contributed by atoms with Crippen LogP contribution in [0, 0.1) is 11.8 Å². The van der Waals surface area contributed by atoms with Crippen LogP contribution in [0.1, 0.15) is 33.1 Å². The average molecular weight is 182 g/mol. The number of hydrogen-bond donors (Lipinski definition) is 1. The first-order valence-corrected chi connectivity index (χ1v) is 5.66. The molecule has 0 radical (unpaired) electrons. The summed E-state index contributed by atoms with van der Waals surface area (Å²) in [4.78, 5) is 2.62. The Balaban J connectivity index is 1.94. The molecule has 0 bridgehead atoms. The van der Waals surface area contributed by atoms with Crippen molar-refractivity contribution in [2.24, 2.45) is 17.6 Å². The number of fused-ring (bicyclic) bond motifs is 1. The van der Waals surface area contributed by atoms with Crippen molar-refractivity contribution in [3.63, 3.8) is 0 Å². The van der Waals surface area contributed by atoms with Gasteiger partial charge < -0.3 is 10.6 Å². The van der Waals surface area contributed by atoms with Gasteiger partial charge in [0.2, 0.25) is 0 Å². The van der Waals surface area contributed by atoms with Crippen LogP contribution in [0.3, 0.4) is 0 Å². The first-order chi connectivity index (χ1) is 6.16. The number of nitrogens with zero attached hydrogens (tertiary/aromatic N) is 1. The Morgan fingerprint density at radius 1 is 1.15 bits per heavy atom. The van der Waals surface area contributed by atoms with Crippen LogP contribution in [-0.4, -0.2) is 30.1 Å². The molecule has 2 nitrogen and oxygen atoms in total. The Bertz CT molecular complexity index is 179. The molecule has 13 heavy (non-hydrogen) atoms. The molecular formula is C11H22N2. The zero-order chi connectivity index (χ0) is 9.42. The van der Waals surface area contributed by atoms with Crippen molar-refractivity contribution in [1.82, 2.24) is 4.90 Å². The molecule has 2 aliphatic rings. The van der Waals surface area contributed by atoms with Gasteiger partial charge in [0.1, 0.15) is 0 Å².